The highest BCUT2D eigenvalue weighted by molar-refractivity contribution is 6.33. The number of anilines is 1. The third-order valence-electron chi connectivity index (χ3n) is 3.62. The number of nitrogens with one attached hydrogen (secondary N) is 1. The number of hydrogen-bond acceptors (Lipinski definition) is 5. The maximum absolute atomic E-state index is 12.1. The molecule has 0 fully saturated rings. The van der Waals surface area contributed by atoms with Crippen LogP contribution in [-0.4, -0.2) is 18.5 Å². The first-order chi connectivity index (χ1) is 12.8. The van der Waals surface area contributed by atoms with Gasteiger partial charge in [-0.25, -0.2) is 4.79 Å². The summed E-state index contributed by atoms with van der Waals surface area (Å²) in [6, 6.07) is 10.6. The molecule has 8 heteroatoms. The molecule has 1 amide bonds. The Balaban J connectivity index is 1.68. The molecule has 1 heterocycles. The standard InChI is InChI=1S/C19H13Cl2NO5/c1-10-2-4-14(13(21)6-10)22-18(24)9-26-19(25)17-8-15(23)12-7-11(20)3-5-16(12)27-17/h2-8H,9H2,1H3,(H,22,24). The van der Waals surface area contributed by atoms with E-state index in [4.69, 9.17) is 32.4 Å². The highest BCUT2D eigenvalue weighted by Crippen LogP contribution is 2.22. The van der Waals surface area contributed by atoms with Gasteiger partial charge in [0.25, 0.3) is 5.91 Å². The average Bonchev–Trinajstić information content (AvgIpc) is 2.62. The zero-order valence-electron chi connectivity index (χ0n) is 14.0. The van der Waals surface area contributed by atoms with Crippen molar-refractivity contribution in [2.75, 3.05) is 11.9 Å². The molecule has 0 saturated carbocycles. The number of halogens is 2. The van der Waals surface area contributed by atoms with E-state index in [0.717, 1.165) is 11.6 Å². The van der Waals surface area contributed by atoms with Crippen LogP contribution in [0, 0.1) is 6.92 Å². The predicted molar refractivity (Wildman–Crippen MR) is 103 cm³/mol. The molecule has 2 aromatic carbocycles. The van der Waals surface area contributed by atoms with E-state index in [1.807, 2.05) is 6.92 Å². The summed E-state index contributed by atoms with van der Waals surface area (Å²) in [4.78, 5) is 36.1. The molecule has 1 aromatic heterocycles. The molecule has 1 N–H and O–H groups in total. The molecular formula is C19H13Cl2NO5. The summed E-state index contributed by atoms with van der Waals surface area (Å²) in [5, 5.41) is 3.52. The third kappa shape index (κ3) is 4.48. The maximum Gasteiger partial charge on any atom is 0.374 e. The first-order valence-corrected chi connectivity index (χ1v) is 8.55. The average molecular weight is 406 g/mol. The fourth-order valence-corrected chi connectivity index (χ4v) is 2.79. The van der Waals surface area contributed by atoms with E-state index in [9.17, 15) is 14.4 Å². The lowest BCUT2D eigenvalue weighted by molar-refractivity contribution is -0.119. The summed E-state index contributed by atoms with van der Waals surface area (Å²) in [6.45, 7) is 1.30. The molecule has 0 saturated heterocycles. The normalized spacial score (nSPS) is 10.6. The topological polar surface area (TPSA) is 85.6 Å². The Kier molecular flexibility index (Phi) is 5.48. The van der Waals surface area contributed by atoms with Crippen LogP contribution in [0.25, 0.3) is 11.0 Å². The molecule has 138 valence electrons. The van der Waals surface area contributed by atoms with Crippen molar-refractivity contribution < 1.29 is 18.7 Å². The van der Waals surface area contributed by atoms with Crippen LogP contribution in [0.4, 0.5) is 5.69 Å². The Hall–Kier alpha value is -2.83. The molecule has 0 aliphatic heterocycles. The van der Waals surface area contributed by atoms with E-state index in [1.54, 1.807) is 18.2 Å². The van der Waals surface area contributed by atoms with Crippen LogP contribution in [0.15, 0.2) is 51.7 Å². The first kappa shape index (κ1) is 18.9. The van der Waals surface area contributed by atoms with Crippen molar-refractivity contribution in [3.63, 3.8) is 0 Å². The molecule has 0 aliphatic carbocycles. The lowest BCUT2D eigenvalue weighted by Crippen LogP contribution is -2.21. The van der Waals surface area contributed by atoms with E-state index >= 15 is 0 Å². The minimum absolute atomic E-state index is 0.190. The minimum atomic E-state index is -0.936. The van der Waals surface area contributed by atoms with Gasteiger partial charge in [0, 0.05) is 11.1 Å². The maximum atomic E-state index is 12.1. The van der Waals surface area contributed by atoms with Crippen molar-refractivity contribution >= 4 is 51.7 Å². The van der Waals surface area contributed by atoms with E-state index in [1.165, 1.54) is 18.2 Å². The fraction of sp³-hybridized carbons (Fsp3) is 0.105. The van der Waals surface area contributed by atoms with Gasteiger partial charge in [0.05, 0.1) is 16.1 Å². The van der Waals surface area contributed by atoms with Crippen molar-refractivity contribution in [1.29, 1.82) is 0 Å². The van der Waals surface area contributed by atoms with Crippen molar-refractivity contribution in [2.45, 2.75) is 6.92 Å². The van der Waals surface area contributed by atoms with Crippen LogP contribution in [0.1, 0.15) is 16.1 Å². The number of carbonyl (C=O) groups is 2. The van der Waals surface area contributed by atoms with E-state index in [-0.39, 0.29) is 16.7 Å². The monoisotopic (exact) mass is 405 g/mol. The van der Waals surface area contributed by atoms with Gasteiger partial charge < -0.3 is 14.5 Å². The Morgan fingerprint density at radius 3 is 2.63 bits per heavy atom. The Morgan fingerprint density at radius 2 is 1.89 bits per heavy atom. The number of rotatable bonds is 4. The fourth-order valence-electron chi connectivity index (χ4n) is 2.34. The highest BCUT2D eigenvalue weighted by Gasteiger charge is 2.16. The first-order valence-electron chi connectivity index (χ1n) is 7.80. The summed E-state index contributed by atoms with van der Waals surface area (Å²) >= 11 is 11.9. The Morgan fingerprint density at radius 1 is 1.11 bits per heavy atom. The number of carbonyl (C=O) groups excluding carboxylic acids is 2. The van der Waals surface area contributed by atoms with E-state index < -0.39 is 23.9 Å². The molecule has 0 bridgehead atoms. The molecule has 0 radical (unpaired) electrons. The second-order valence-electron chi connectivity index (χ2n) is 5.72. The molecule has 6 nitrogen and oxygen atoms in total. The largest absolute Gasteiger partial charge is 0.450 e. The van der Waals surface area contributed by atoms with Crippen LogP contribution in [0.5, 0.6) is 0 Å². The summed E-state index contributed by atoms with van der Waals surface area (Å²) in [6.07, 6.45) is 0. The summed E-state index contributed by atoms with van der Waals surface area (Å²) in [5.41, 5.74) is 1.09. The summed E-state index contributed by atoms with van der Waals surface area (Å²) in [5.74, 6) is -1.82. The number of hydrogen-bond donors (Lipinski definition) is 1. The molecule has 0 aliphatic rings. The Labute approximate surface area is 163 Å². The van der Waals surface area contributed by atoms with Crippen LogP contribution >= 0.6 is 23.2 Å². The van der Waals surface area contributed by atoms with Crippen LogP contribution in [0.3, 0.4) is 0 Å². The van der Waals surface area contributed by atoms with Gasteiger partial charge in [-0.3, -0.25) is 9.59 Å². The van der Waals surface area contributed by atoms with Gasteiger partial charge >= 0.3 is 5.97 Å². The van der Waals surface area contributed by atoms with Crippen LogP contribution < -0.4 is 10.7 Å². The minimum Gasteiger partial charge on any atom is -0.450 e. The predicted octanol–water partition coefficient (Wildman–Crippen LogP) is 4.20. The number of fused-ring (bicyclic) bond motifs is 1. The third-order valence-corrected chi connectivity index (χ3v) is 4.17. The summed E-state index contributed by atoms with van der Waals surface area (Å²) in [7, 11) is 0. The molecule has 0 atom stereocenters. The van der Waals surface area contributed by atoms with Crippen molar-refractivity contribution in [2.24, 2.45) is 0 Å². The molecule has 0 unspecified atom stereocenters. The van der Waals surface area contributed by atoms with Crippen LogP contribution in [0.2, 0.25) is 10.0 Å². The van der Waals surface area contributed by atoms with Gasteiger partial charge in [0.2, 0.25) is 5.76 Å². The zero-order valence-corrected chi connectivity index (χ0v) is 15.6. The molecule has 3 aromatic rings. The lowest BCUT2D eigenvalue weighted by atomic mass is 10.2. The van der Waals surface area contributed by atoms with Gasteiger partial charge in [-0.1, -0.05) is 29.3 Å². The number of benzene rings is 2. The van der Waals surface area contributed by atoms with Crippen LogP contribution in [-0.2, 0) is 9.53 Å². The second kappa shape index (κ2) is 7.82. The van der Waals surface area contributed by atoms with Gasteiger partial charge in [0.1, 0.15) is 5.58 Å². The van der Waals surface area contributed by atoms with Crippen molar-refractivity contribution in [1.82, 2.24) is 0 Å². The second-order valence-corrected chi connectivity index (χ2v) is 6.57. The van der Waals surface area contributed by atoms with E-state index in [0.29, 0.717) is 15.7 Å². The highest BCUT2D eigenvalue weighted by atomic mass is 35.5. The lowest BCUT2D eigenvalue weighted by Gasteiger charge is -2.08. The number of amides is 1. The van der Waals surface area contributed by atoms with E-state index in [2.05, 4.69) is 5.32 Å². The van der Waals surface area contributed by atoms with Gasteiger partial charge in [0.15, 0.2) is 12.0 Å². The van der Waals surface area contributed by atoms with Gasteiger partial charge in [-0.15, -0.1) is 0 Å². The molecule has 3 rings (SSSR count). The van der Waals surface area contributed by atoms with Gasteiger partial charge in [-0.2, -0.15) is 0 Å². The molecular weight excluding hydrogens is 393 g/mol. The quantitative estimate of drug-likeness (QED) is 0.657. The van der Waals surface area contributed by atoms with Gasteiger partial charge in [-0.05, 0) is 42.8 Å². The number of esters is 1. The van der Waals surface area contributed by atoms with Crippen molar-refractivity contribution in [3.8, 4) is 0 Å². The van der Waals surface area contributed by atoms with Crippen molar-refractivity contribution in [3.05, 3.63) is 74.1 Å². The Bertz CT molecular complexity index is 1110. The smallest absolute Gasteiger partial charge is 0.374 e. The summed E-state index contributed by atoms with van der Waals surface area (Å²) < 4.78 is 10.3. The number of ether oxygens (including phenoxy) is 1. The molecule has 27 heavy (non-hydrogen) atoms. The number of aryl methyl sites for hydroxylation is 1. The molecule has 0 spiro atoms. The zero-order chi connectivity index (χ0) is 19.6. The SMILES string of the molecule is Cc1ccc(NC(=O)COC(=O)c2cc(=O)c3cc(Cl)ccc3o2)c(Cl)c1.